The molecular formula is C19H15F3N2O2S. The Hall–Kier alpha value is -2.87. The van der Waals surface area contributed by atoms with Crippen LogP contribution in [-0.4, -0.2) is 18.0 Å². The van der Waals surface area contributed by atoms with E-state index < -0.39 is 17.6 Å². The van der Waals surface area contributed by atoms with Crippen LogP contribution in [-0.2, 0) is 6.18 Å². The minimum atomic E-state index is -4.50. The van der Waals surface area contributed by atoms with E-state index in [1.807, 2.05) is 19.1 Å². The third-order valence-corrected chi connectivity index (χ3v) is 4.72. The number of hydrogen-bond donors (Lipinski definition) is 1. The van der Waals surface area contributed by atoms with Crippen LogP contribution in [0.4, 0.5) is 18.3 Å². The van der Waals surface area contributed by atoms with Crippen LogP contribution in [0, 0.1) is 6.92 Å². The SMILES string of the molecule is COc1ccc(-c2nc(NC(=O)c3cccc(C(F)(F)F)c3)sc2C)cc1. The fourth-order valence-electron chi connectivity index (χ4n) is 2.47. The van der Waals surface area contributed by atoms with E-state index in [1.165, 1.54) is 23.5 Å². The molecule has 0 atom stereocenters. The van der Waals surface area contributed by atoms with Gasteiger partial charge in [-0.25, -0.2) is 4.98 Å². The van der Waals surface area contributed by atoms with Crippen molar-refractivity contribution in [3.05, 3.63) is 64.5 Å². The average Bonchev–Trinajstić information content (AvgIpc) is 3.01. The van der Waals surface area contributed by atoms with Crippen molar-refractivity contribution in [2.24, 2.45) is 0 Å². The topological polar surface area (TPSA) is 51.2 Å². The Balaban J connectivity index is 1.81. The number of rotatable bonds is 4. The number of thiazole rings is 1. The third-order valence-electron chi connectivity index (χ3n) is 3.83. The highest BCUT2D eigenvalue weighted by Gasteiger charge is 2.31. The van der Waals surface area contributed by atoms with Crippen molar-refractivity contribution in [1.82, 2.24) is 4.98 Å². The molecule has 1 amide bonds. The molecule has 1 aromatic heterocycles. The lowest BCUT2D eigenvalue weighted by Crippen LogP contribution is -2.13. The van der Waals surface area contributed by atoms with E-state index in [0.717, 1.165) is 22.6 Å². The minimum Gasteiger partial charge on any atom is -0.497 e. The van der Waals surface area contributed by atoms with Crippen LogP contribution in [0.5, 0.6) is 5.75 Å². The van der Waals surface area contributed by atoms with Crippen LogP contribution in [0.3, 0.4) is 0 Å². The Morgan fingerprint density at radius 2 is 1.85 bits per heavy atom. The van der Waals surface area contributed by atoms with Gasteiger partial charge in [-0.15, -0.1) is 11.3 Å². The molecule has 0 fully saturated rings. The van der Waals surface area contributed by atoms with Crippen molar-refractivity contribution in [1.29, 1.82) is 0 Å². The van der Waals surface area contributed by atoms with Gasteiger partial charge in [-0.05, 0) is 49.4 Å². The maximum atomic E-state index is 12.8. The van der Waals surface area contributed by atoms with Gasteiger partial charge >= 0.3 is 6.18 Å². The highest BCUT2D eigenvalue weighted by molar-refractivity contribution is 7.16. The monoisotopic (exact) mass is 392 g/mol. The Labute approximate surface area is 157 Å². The number of carbonyl (C=O) groups excluding carboxylic acids is 1. The molecule has 0 radical (unpaired) electrons. The van der Waals surface area contributed by atoms with Gasteiger partial charge in [0.1, 0.15) is 5.75 Å². The van der Waals surface area contributed by atoms with Gasteiger partial charge in [-0.2, -0.15) is 13.2 Å². The predicted octanol–water partition coefficient (Wildman–Crippen LogP) is 5.40. The number of alkyl halides is 3. The fraction of sp³-hybridized carbons (Fsp3) is 0.158. The second-order valence-corrected chi connectivity index (χ2v) is 6.89. The maximum absolute atomic E-state index is 12.8. The van der Waals surface area contributed by atoms with Crippen LogP contribution in [0.1, 0.15) is 20.8 Å². The summed E-state index contributed by atoms with van der Waals surface area (Å²) in [6.45, 7) is 1.86. The molecular weight excluding hydrogens is 377 g/mol. The predicted molar refractivity (Wildman–Crippen MR) is 98.2 cm³/mol. The zero-order valence-corrected chi connectivity index (χ0v) is 15.2. The molecule has 0 bridgehead atoms. The van der Waals surface area contributed by atoms with Crippen molar-refractivity contribution in [2.45, 2.75) is 13.1 Å². The van der Waals surface area contributed by atoms with Crippen molar-refractivity contribution in [3.63, 3.8) is 0 Å². The van der Waals surface area contributed by atoms with Gasteiger partial charge in [-0.1, -0.05) is 6.07 Å². The Morgan fingerprint density at radius 3 is 2.48 bits per heavy atom. The van der Waals surface area contributed by atoms with Crippen LogP contribution < -0.4 is 10.1 Å². The van der Waals surface area contributed by atoms with Gasteiger partial charge in [0.2, 0.25) is 0 Å². The summed E-state index contributed by atoms with van der Waals surface area (Å²) in [5.74, 6) is 0.0702. The summed E-state index contributed by atoms with van der Waals surface area (Å²) in [7, 11) is 1.57. The van der Waals surface area contributed by atoms with Crippen molar-refractivity contribution in [2.75, 3.05) is 12.4 Å². The van der Waals surface area contributed by atoms with Crippen LogP contribution in [0.15, 0.2) is 48.5 Å². The molecule has 0 aliphatic rings. The molecule has 0 spiro atoms. The molecule has 3 rings (SSSR count). The van der Waals surface area contributed by atoms with Crippen molar-refractivity contribution >= 4 is 22.4 Å². The number of methoxy groups -OCH3 is 1. The summed E-state index contributed by atoms with van der Waals surface area (Å²) >= 11 is 1.26. The van der Waals surface area contributed by atoms with E-state index in [-0.39, 0.29) is 5.56 Å². The standard InChI is InChI=1S/C19H15F3N2O2S/c1-11-16(12-6-8-15(26-2)9-7-12)23-18(27-11)24-17(25)13-4-3-5-14(10-13)19(20,21)22/h3-10H,1-2H3,(H,23,24,25). The fourth-order valence-corrected chi connectivity index (χ4v) is 3.30. The first-order valence-electron chi connectivity index (χ1n) is 7.88. The molecule has 1 heterocycles. The molecule has 0 aliphatic heterocycles. The molecule has 0 unspecified atom stereocenters. The van der Waals surface area contributed by atoms with E-state index >= 15 is 0 Å². The lowest BCUT2D eigenvalue weighted by Gasteiger charge is -2.08. The molecule has 0 aliphatic carbocycles. The zero-order valence-electron chi connectivity index (χ0n) is 14.4. The number of halogens is 3. The Bertz CT molecular complexity index is 966. The number of anilines is 1. The second kappa shape index (κ2) is 7.40. The number of aromatic nitrogens is 1. The Morgan fingerprint density at radius 1 is 1.15 bits per heavy atom. The zero-order chi connectivity index (χ0) is 19.6. The number of carbonyl (C=O) groups is 1. The summed E-state index contributed by atoms with van der Waals surface area (Å²) < 4.78 is 43.5. The second-order valence-electron chi connectivity index (χ2n) is 5.69. The third kappa shape index (κ3) is 4.28. The largest absolute Gasteiger partial charge is 0.497 e. The summed E-state index contributed by atoms with van der Waals surface area (Å²) in [6, 6.07) is 11.6. The minimum absolute atomic E-state index is 0.0799. The first-order valence-corrected chi connectivity index (χ1v) is 8.70. The van der Waals surface area contributed by atoms with Gasteiger partial charge in [-0.3, -0.25) is 10.1 Å². The van der Waals surface area contributed by atoms with Crippen molar-refractivity contribution in [3.8, 4) is 17.0 Å². The van der Waals surface area contributed by atoms with E-state index in [9.17, 15) is 18.0 Å². The van der Waals surface area contributed by atoms with E-state index in [0.29, 0.717) is 16.6 Å². The number of nitrogens with zero attached hydrogens (tertiary/aromatic N) is 1. The highest BCUT2D eigenvalue weighted by atomic mass is 32.1. The first kappa shape index (κ1) is 18.9. The molecule has 8 heteroatoms. The molecule has 3 aromatic rings. The number of nitrogens with one attached hydrogen (secondary N) is 1. The summed E-state index contributed by atoms with van der Waals surface area (Å²) in [5.41, 5.74) is 0.596. The molecule has 0 saturated carbocycles. The first-order chi connectivity index (χ1) is 12.8. The van der Waals surface area contributed by atoms with E-state index in [4.69, 9.17) is 4.74 Å². The smallest absolute Gasteiger partial charge is 0.416 e. The quantitative estimate of drug-likeness (QED) is 0.647. The Kier molecular flexibility index (Phi) is 5.18. The van der Waals surface area contributed by atoms with Gasteiger partial charge in [0.25, 0.3) is 5.91 Å². The molecule has 0 saturated heterocycles. The van der Waals surface area contributed by atoms with Crippen LogP contribution >= 0.6 is 11.3 Å². The number of benzene rings is 2. The molecule has 1 N–H and O–H groups in total. The lowest BCUT2D eigenvalue weighted by molar-refractivity contribution is -0.137. The summed E-state index contributed by atoms with van der Waals surface area (Å²) in [4.78, 5) is 17.6. The maximum Gasteiger partial charge on any atom is 0.416 e. The van der Waals surface area contributed by atoms with Gasteiger partial charge < -0.3 is 4.74 Å². The van der Waals surface area contributed by atoms with Crippen LogP contribution in [0.25, 0.3) is 11.3 Å². The molecule has 140 valence electrons. The van der Waals surface area contributed by atoms with Gasteiger partial charge in [0.05, 0.1) is 18.4 Å². The normalized spacial score (nSPS) is 11.3. The number of amides is 1. The highest BCUT2D eigenvalue weighted by Crippen LogP contribution is 2.32. The van der Waals surface area contributed by atoms with E-state index in [2.05, 4.69) is 10.3 Å². The molecule has 2 aromatic carbocycles. The molecule has 4 nitrogen and oxygen atoms in total. The average molecular weight is 392 g/mol. The summed E-state index contributed by atoms with van der Waals surface area (Å²) in [5, 5.41) is 2.89. The van der Waals surface area contributed by atoms with Gasteiger partial charge in [0, 0.05) is 16.0 Å². The van der Waals surface area contributed by atoms with E-state index in [1.54, 1.807) is 19.2 Å². The lowest BCUT2D eigenvalue weighted by atomic mass is 10.1. The van der Waals surface area contributed by atoms with Crippen molar-refractivity contribution < 1.29 is 22.7 Å². The number of ether oxygens (including phenoxy) is 1. The number of aryl methyl sites for hydroxylation is 1. The molecule has 27 heavy (non-hydrogen) atoms. The number of hydrogen-bond acceptors (Lipinski definition) is 4. The summed E-state index contributed by atoms with van der Waals surface area (Å²) in [6.07, 6.45) is -4.50. The van der Waals surface area contributed by atoms with Crippen LogP contribution in [0.2, 0.25) is 0 Å². The van der Waals surface area contributed by atoms with Gasteiger partial charge in [0.15, 0.2) is 5.13 Å².